The zero-order valence-electron chi connectivity index (χ0n) is 15.7. The van der Waals surface area contributed by atoms with Crippen molar-refractivity contribution in [3.63, 3.8) is 0 Å². The zero-order chi connectivity index (χ0) is 23.2. The van der Waals surface area contributed by atoms with E-state index < -0.39 is 48.5 Å². The Morgan fingerprint density at radius 2 is 1.94 bits per heavy atom. The molecule has 0 spiro atoms. The van der Waals surface area contributed by atoms with Crippen molar-refractivity contribution in [3.05, 3.63) is 12.0 Å². The predicted molar refractivity (Wildman–Crippen MR) is 99.7 cm³/mol. The Morgan fingerprint density at radius 1 is 1.26 bits per heavy atom. The Labute approximate surface area is 174 Å². The first-order valence-electron chi connectivity index (χ1n) is 8.40. The molecule has 20 heteroatoms. The van der Waals surface area contributed by atoms with Crippen molar-refractivity contribution >= 4 is 35.1 Å². The van der Waals surface area contributed by atoms with Crippen LogP contribution in [0.1, 0.15) is 18.3 Å². The molecule has 31 heavy (non-hydrogen) atoms. The van der Waals surface area contributed by atoms with Gasteiger partial charge in [0.2, 0.25) is 0 Å². The maximum Gasteiger partial charge on any atom is 0.490 e. The second kappa shape index (κ2) is 8.63. The highest BCUT2D eigenvalue weighted by atomic mass is 31.3. The quantitative estimate of drug-likeness (QED) is 0.220. The summed E-state index contributed by atoms with van der Waals surface area (Å²) in [6, 6.07) is 0. The van der Waals surface area contributed by atoms with E-state index in [2.05, 4.69) is 23.4 Å². The van der Waals surface area contributed by atoms with Crippen LogP contribution in [-0.2, 0) is 31.6 Å². The molecule has 1 aromatic heterocycles. The Kier molecular flexibility index (Phi) is 6.81. The van der Waals surface area contributed by atoms with Crippen LogP contribution in [0.15, 0.2) is 6.33 Å². The smallest absolute Gasteiger partial charge is 0.390 e. The van der Waals surface area contributed by atoms with Gasteiger partial charge in [-0.15, -0.1) is 0 Å². The molecule has 3 heterocycles. The molecule has 5 atom stereocenters. The highest BCUT2D eigenvalue weighted by Gasteiger charge is 2.43. The van der Waals surface area contributed by atoms with E-state index in [0.717, 1.165) is 0 Å². The summed E-state index contributed by atoms with van der Waals surface area (Å²) < 4.78 is 52.6. The lowest BCUT2D eigenvalue weighted by Gasteiger charge is -2.27. The van der Waals surface area contributed by atoms with Gasteiger partial charge in [-0.2, -0.15) is 8.62 Å². The Balaban J connectivity index is 1.62. The first-order chi connectivity index (χ1) is 14.2. The summed E-state index contributed by atoms with van der Waals surface area (Å²) in [6.07, 6.45) is -1.70. The number of phosphoric acid groups is 3. The molecule has 3 rings (SSSR count). The minimum Gasteiger partial charge on any atom is -0.390 e. The van der Waals surface area contributed by atoms with Crippen LogP contribution in [0, 0.1) is 5.41 Å². The second-order valence-corrected chi connectivity index (χ2v) is 11.0. The molecule has 0 bridgehead atoms. The van der Waals surface area contributed by atoms with E-state index in [9.17, 15) is 23.7 Å². The summed E-state index contributed by atoms with van der Waals surface area (Å²) in [5, 5.41) is 21.3. The lowest BCUT2D eigenvalue weighted by Crippen LogP contribution is -2.37. The van der Waals surface area contributed by atoms with Gasteiger partial charge in [-0.05, 0) is 0 Å². The summed E-state index contributed by atoms with van der Waals surface area (Å²) in [5.41, 5.74) is 0.364. The van der Waals surface area contributed by atoms with Crippen LogP contribution < -0.4 is 5.32 Å². The average Bonchev–Trinajstić information content (AvgIpc) is 3.17. The summed E-state index contributed by atoms with van der Waals surface area (Å²) >= 11 is 0. The van der Waals surface area contributed by atoms with Gasteiger partial charge < -0.3 is 39.6 Å². The van der Waals surface area contributed by atoms with E-state index in [1.165, 1.54) is 10.9 Å². The number of aliphatic hydroxyl groups is 1. The number of rotatable bonds is 8. The van der Waals surface area contributed by atoms with E-state index >= 15 is 0 Å². The molecule has 17 nitrogen and oxygen atoms in total. The third-order valence-corrected chi connectivity index (χ3v) is 8.02. The molecule has 1 fully saturated rings. The number of hydrogen-bond donors (Lipinski definition) is 7. The minimum absolute atomic E-state index is 0.0259. The van der Waals surface area contributed by atoms with Gasteiger partial charge in [0, 0.05) is 13.5 Å². The minimum atomic E-state index is -5.64. The predicted octanol–water partition coefficient (Wildman–Crippen LogP) is -0.485. The monoisotopic (exact) mass is 507 g/mol. The topological polar surface area (TPSA) is 246 Å². The Morgan fingerprint density at radius 3 is 2.58 bits per heavy atom. The van der Waals surface area contributed by atoms with Crippen molar-refractivity contribution in [1.29, 1.82) is 5.41 Å². The summed E-state index contributed by atoms with van der Waals surface area (Å²) in [4.78, 5) is 41.4. The van der Waals surface area contributed by atoms with Gasteiger partial charge in [0.25, 0.3) is 0 Å². The number of nitrogens with zero attached hydrogens (tertiary/aromatic N) is 3. The number of aromatic nitrogens is 2. The molecular weight excluding hydrogens is 487 g/mol. The summed E-state index contributed by atoms with van der Waals surface area (Å²) in [5.74, 6) is 0.657. The van der Waals surface area contributed by atoms with Gasteiger partial charge >= 0.3 is 23.5 Å². The first kappa shape index (κ1) is 24.5. The molecule has 2 aliphatic heterocycles. The van der Waals surface area contributed by atoms with Crippen LogP contribution in [0.4, 0.5) is 5.82 Å². The summed E-state index contributed by atoms with van der Waals surface area (Å²) in [6.45, 7) is -0.438. The molecule has 0 amide bonds. The van der Waals surface area contributed by atoms with Gasteiger partial charge in [-0.3, -0.25) is 14.5 Å². The van der Waals surface area contributed by atoms with Crippen molar-refractivity contribution in [2.24, 2.45) is 0 Å². The van der Waals surface area contributed by atoms with Crippen molar-refractivity contribution in [3.8, 4) is 0 Å². The number of nitrogens with one attached hydrogen (secondary N) is 2. The third-order valence-electron chi connectivity index (χ3n) is 4.22. The molecule has 0 saturated carbocycles. The number of amidine groups is 1. The molecule has 2 unspecified atom stereocenters. The molecule has 0 radical (unpaired) electrons. The fourth-order valence-electron chi connectivity index (χ4n) is 2.89. The number of hydrogen-bond acceptors (Lipinski definition) is 11. The van der Waals surface area contributed by atoms with Gasteiger partial charge in [0.15, 0.2) is 5.84 Å². The third kappa shape index (κ3) is 5.99. The standard InChI is InChI=1S/C11H20N5O12P3/c1-15-4-14-11-9(10(15)12)13-5-16(11)8-2-6(17)7(26-8)3-25-30(21,22)28-31(23,24)27-29(18,19)20/h5-8,12,14,17H,2-4H2,1H3,(H,21,22)(H,23,24)(H2,18,19,20)/t6-,7+,8+/m0/s1. The molecule has 176 valence electrons. The van der Waals surface area contributed by atoms with Crippen molar-refractivity contribution < 1.29 is 56.3 Å². The largest absolute Gasteiger partial charge is 0.490 e. The number of phosphoric ester groups is 1. The lowest BCUT2D eigenvalue weighted by molar-refractivity contribution is -0.0428. The van der Waals surface area contributed by atoms with Crippen LogP contribution in [0.3, 0.4) is 0 Å². The number of anilines is 1. The number of aliphatic hydroxyl groups excluding tert-OH is 1. The fraction of sp³-hybridized carbons (Fsp3) is 0.636. The van der Waals surface area contributed by atoms with Crippen LogP contribution in [0.5, 0.6) is 0 Å². The molecule has 0 aromatic carbocycles. The van der Waals surface area contributed by atoms with E-state index in [0.29, 0.717) is 18.2 Å². The van der Waals surface area contributed by atoms with Crippen LogP contribution in [-0.4, -0.2) is 77.5 Å². The maximum atomic E-state index is 11.8. The van der Waals surface area contributed by atoms with Gasteiger partial charge in [-0.25, -0.2) is 18.7 Å². The molecule has 7 N–H and O–H groups in total. The Hall–Kier alpha value is -1.19. The van der Waals surface area contributed by atoms with Crippen molar-refractivity contribution in [2.75, 3.05) is 25.6 Å². The van der Waals surface area contributed by atoms with Gasteiger partial charge in [-0.1, -0.05) is 0 Å². The normalized spacial score (nSPS) is 28.0. The number of ether oxygens (including phenoxy) is 1. The summed E-state index contributed by atoms with van der Waals surface area (Å²) in [7, 11) is -14.8. The highest BCUT2D eigenvalue weighted by Crippen LogP contribution is 2.66. The van der Waals surface area contributed by atoms with Gasteiger partial charge in [0.05, 0.1) is 25.7 Å². The van der Waals surface area contributed by atoms with E-state index in [1.807, 2.05) is 0 Å². The van der Waals surface area contributed by atoms with Crippen LogP contribution in [0.25, 0.3) is 0 Å². The number of imidazole rings is 1. The lowest BCUT2D eigenvalue weighted by atomic mass is 10.2. The average molecular weight is 507 g/mol. The molecule has 1 saturated heterocycles. The van der Waals surface area contributed by atoms with Crippen molar-refractivity contribution in [2.45, 2.75) is 24.9 Å². The van der Waals surface area contributed by atoms with E-state index in [-0.39, 0.29) is 12.3 Å². The van der Waals surface area contributed by atoms with E-state index in [4.69, 9.17) is 24.8 Å². The molecule has 0 aliphatic carbocycles. The van der Waals surface area contributed by atoms with Crippen LogP contribution in [0.2, 0.25) is 0 Å². The van der Waals surface area contributed by atoms with Crippen molar-refractivity contribution in [1.82, 2.24) is 14.5 Å². The van der Waals surface area contributed by atoms with Gasteiger partial charge in [0.1, 0.15) is 23.8 Å². The molecule has 1 aromatic rings. The zero-order valence-corrected chi connectivity index (χ0v) is 18.4. The fourth-order valence-corrected chi connectivity index (χ4v) is 5.92. The number of fused-ring (bicyclic) bond motifs is 1. The maximum absolute atomic E-state index is 11.8. The SMILES string of the molecule is CN1CNc2c(ncn2[C@H]2C[C@H](O)[C@@H](COP(=O)(O)OP(=O)(O)OP(=O)(O)O)O2)C1=N. The highest BCUT2D eigenvalue weighted by molar-refractivity contribution is 7.66. The second-order valence-electron chi connectivity index (χ2n) is 6.55. The van der Waals surface area contributed by atoms with Crippen LogP contribution >= 0.6 is 23.5 Å². The molecular formula is C11H20N5O12P3. The van der Waals surface area contributed by atoms with E-state index in [1.54, 1.807) is 11.9 Å². The molecule has 2 aliphatic rings. The Bertz CT molecular complexity index is 995. The first-order valence-corrected chi connectivity index (χ1v) is 12.9.